The van der Waals surface area contributed by atoms with Crippen molar-refractivity contribution in [3.63, 3.8) is 0 Å². The first-order chi connectivity index (χ1) is 18.0. The van der Waals surface area contributed by atoms with E-state index in [0.717, 1.165) is 49.5 Å². The summed E-state index contributed by atoms with van der Waals surface area (Å²) in [5.41, 5.74) is 4.06. The number of ether oxygens (including phenoxy) is 1. The van der Waals surface area contributed by atoms with Crippen LogP contribution in [0.4, 0.5) is 0 Å². The molecule has 5 rings (SSSR count). The number of rotatable bonds is 7. The minimum Gasteiger partial charge on any atom is -0.502 e. The Bertz CT molecular complexity index is 1300. The number of morpholine rings is 1. The van der Waals surface area contributed by atoms with Gasteiger partial charge in [-0.15, -0.1) is 0 Å². The summed E-state index contributed by atoms with van der Waals surface area (Å²) in [6.07, 6.45) is 1.44. The first kappa shape index (κ1) is 25.2. The Balaban J connectivity index is 1.26. The lowest BCUT2D eigenvalue weighted by Gasteiger charge is -2.38. The number of benzene rings is 2. The van der Waals surface area contributed by atoms with Crippen molar-refractivity contribution in [2.75, 3.05) is 45.9 Å². The van der Waals surface area contributed by atoms with E-state index in [1.165, 1.54) is 11.9 Å². The third-order valence-corrected chi connectivity index (χ3v) is 6.96. The number of hydrogen-bond acceptors (Lipinski definition) is 7. The van der Waals surface area contributed by atoms with Crippen molar-refractivity contribution in [1.29, 1.82) is 0 Å². The predicted octanol–water partition coefficient (Wildman–Crippen LogP) is 1.71. The summed E-state index contributed by atoms with van der Waals surface area (Å²) in [7, 11) is 0. The van der Waals surface area contributed by atoms with Gasteiger partial charge in [0.1, 0.15) is 0 Å². The molecule has 1 atom stereocenters. The normalized spacial score (nSPS) is 17.5. The zero-order valence-corrected chi connectivity index (χ0v) is 20.8. The van der Waals surface area contributed by atoms with Crippen molar-refractivity contribution in [2.24, 2.45) is 0 Å². The van der Waals surface area contributed by atoms with Gasteiger partial charge < -0.3 is 19.9 Å². The lowest BCUT2D eigenvalue weighted by Crippen LogP contribution is -2.52. The number of H-pyrrole nitrogens is 1. The van der Waals surface area contributed by atoms with Crippen LogP contribution in [-0.2, 0) is 17.7 Å². The minimum atomic E-state index is -0.539. The molecule has 0 amide bonds. The number of aliphatic hydroxyl groups is 1. The van der Waals surface area contributed by atoms with Gasteiger partial charge in [-0.05, 0) is 35.4 Å². The Morgan fingerprint density at radius 2 is 1.65 bits per heavy atom. The van der Waals surface area contributed by atoms with Crippen LogP contribution in [0.1, 0.15) is 33.9 Å². The smallest absolute Gasteiger partial charge is 0.293 e. The molecule has 8 nitrogen and oxygen atoms in total. The van der Waals surface area contributed by atoms with Crippen molar-refractivity contribution >= 4 is 0 Å². The number of aromatic nitrogens is 2. The number of likely N-dealkylation sites (tertiary alicyclic amines) is 1. The molecule has 2 aliphatic rings. The summed E-state index contributed by atoms with van der Waals surface area (Å²) in [5.74, 6) is 6.16. The van der Waals surface area contributed by atoms with Gasteiger partial charge >= 0.3 is 0 Å². The molecule has 3 aromatic rings. The standard InChI is InChI=1S/C29H32N4O4/c34-26-18-33(19-26)17-25(15-27-28(35)29(36)31-20-30-27)24-9-7-22(8-10-24)2-1-21-3-5-23(6-4-21)16-32-11-13-37-14-12-32/h3-10,20,25-26,34-35H,11-19H2,(H,30,31,36). The Kier molecular flexibility index (Phi) is 7.97. The maximum absolute atomic E-state index is 11.8. The second-order valence-electron chi connectivity index (χ2n) is 9.76. The molecule has 192 valence electrons. The Morgan fingerprint density at radius 1 is 1.00 bits per heavy atom. The molecular formula is C29H32N4O4. The summed E-state index contributed by atoms with van der Waals surface area (Å²) < 4.78 is 5.42. The van der Waals surface area contributed by atoms with Gasteiger partial charge in [-0.3, -0.25) is 14.6 Å². The van der Waals surface area contributed by atoms with Gasteiger partial charge in [0, 0.05) is 62.7 Å². The molecule has 3 N–H and O–H groups in total. The second kappa shape index (κ2) is 11.7. The highest BCUT2D eigenvalue weighted by Crippen LogP contribution is 2.26. The van der Waals surface area contributed by atoms with Gasteiger partial charge in [0.05, 0.1) is 31.3 Å². The molecule has 0 spiro atoms. The van der Waals surface area contributed by atoms with Crippen LogP contribution >= 0.6 is 0 Å². The van der Waals surface area contributed by atoms with E-state index in [9.17, 15) is 15.0 Å². The monoisotopic (exact) mass is 500 g/mol. The highest BCUT2D eigenvalue weighted by atomic mass is 16.5. The molecule has 2 aliphatic heterocycles. The van der Waals surface area contributed by atoms with Crippen LogP contribution in [-0.4, -0.2) is 82.0 Å². The van der Waals surface area contributed by atoms with Gasteiger partial charge in [-0.25, -0.2) is 4.98 Å². The Hall–Kier alpha value is -3.48. The third-order valence-electron chi connectivity index (χ3n) is 6.96. The fourth-order valence-electron chi connectivity index (χ4n) is 4.80. The van der Waals surface area contributed by atoms with E-state index in [2.05, 4.69) is 55.9 Å². The van der Waals surface area contributed by atoms with Crippen LogP contribution in [0.25, 0.3) is 0 Å². The van der Waals surface area contributed by atoms with Gasteiger partial charge in [-0.2, -0.15) is 0 Å². The topological polar surface area (TPSA) is 102 Å². The molecule has 8 heteroatoms. The van der Waals surface area contributed by atoms with E-state index >= 15 is 0 Å². The van der Waals surface area contributed by atoms with E-state index < -0.39 is 5.56 Å². The molecule has 0 bridgehead atoms. The predicted molar refractivity (Wildman–Crippen MR) is 140 cm³/mol. The Labute approximate surface area is 216 Å². The first-order valence-electron chi connectivity index (χ1n) is 12.7. The number of hydrogen-bond donors (Lipinski definition) is 3. The molecule has 0 radical (unpaired) electrons. The van der Waals surface area contributed by atoms with E-state index in [-0.39, 0.29) is 17.8 Å². The summed E-state index contributed by atoms with van der Waals surface area (Å²) in [4.78, 5) is 23.0. The SMILES string of the molecule is O=c1[nH]cnc(CC(CN2CC(O)C2)c2ccc(C#Cc3ccc(CN4CCOCC4)cc3)cc2)c1O. The summed E-state index contributed by atoms with van der Waals surface area (Å²) >= 11 is 0. The van der Waals surface area contributed by atoms with Crippen LogP contribution in [0, 0.1) is 11.8 Å². The van der Waals surface area contributed by atoms with Crippen molar-refractivity contribution in [3.05, 3.63) is 93.2 Å². The maximum atomic E-state index is 11.8. The lowest BCUT2D eigenvalue weighted by molar-refractivity contribution is -0.00129. The Morgan fingerprint density at radius 3 is 2.30 bits per heavy atom. The van der Waals surface area contributed by atoms with E-state index in [1.807, 2.05) is 24.3 Å². The maximum Gasteiger partial charge on any atom is 0.293 e. The minimum absolute atomic E-state index is 0.00807. The average molecular weight is 501 g/mol. The molecule has 2 saturated heterocycles. The van der Waals surface area contributed by atoms with Gasteiger partial charge in [0.25, 0.3) is 5.56 Å². The molecule has 0 aliphatic carbocycles. The summed E-state index contributed by atoms with van der Waals surface area (Å²) in [5, 5.41) is 19.9. The lowest BCUT2D eigenvalue weighted by atomic mass is 9.91. The highest BCUT2D eigenvalue weighted by molar-refractivity contribution is 5.44. The van der Waals surface area contributed by atoms with E-state index in [1.54, 1.807) is 0 Å². The second-order valence-corrected chi connectivity index (χ2v) is 9.76. The number of nitrogens with one attached hydrogen (secondary N) is 1. The molecule has 2 fully saturated rings. The van der Waals surface area contributed by atoms with Crippen LogP contribution in [0.15, 0.2) is 59.7 Å². The van der Waals surface area contributed by atoms with E-state index in [0.29, 0.717) is 31.7 Å². The number of nitrogens with zero attached hydrogens (tertiary/aromatic N) is 3. The van der Waals surface area contributed by atoms with Crippen molar-refractivity contribution in [2.45, 2.75) is 25.0 Å². The fraction of sp³-hybridized carbons (Fsp3) is 0.379. The van der Waals surface area contributed by atoms with Crippen LogP contribution in [0.5, 0.6) is 5.75 Å². The largest absolute Gasteiger partial charge is 0.502 e. The zero-order chi connectivity index (χ0) is 25.6. The van der Waals surface area contributed by atoms with Crippen molar-refractivity contribution < 1.29 is 14.9 Å². The molecule has 1 unspecified atom stereocenters. The van der Waals surface area contributed by atoms with Crippen molar-refractivity contribution in [3.8, 4) is 17.6 Å². The van der Waals surface area contributed by atoms with Crippen LogP contribution in [0.3, 0.4) is 0 Å². The van der Waals surface area contributed by atoms with Gasteiger partial charge in [0.15, 0.2) is 0 Å². The first-order valence-corrected chi connectivity index (χ1v) is 12.7. The van der Waals surface area contributed by atoms with E-state index in [4.69, 9.17) is 4.74 Å². The van der Waals surface area contributed by atoms with Gasteiger partial charge in [-0.1, -0.05) is 36.1 Å². The van der Waals surface area contributed by atoms with Crippen LogP contribution < -0.4 is 5.56 Å². The molecule has 3 heterocycles. The molecular weight excluding hydrogens is 468 g/mol. The molecule has 0 saturated carbocycles. The van der Waals surface area contributed by atoms with Gasteiger partial charge in [0.2, 0.25) is 5.75 Å². The zero-order valence-electron chi connectivity index (χ0n) is 20.8. The third kappa shape index (κ3) is 6.64. The quantitative estimate of drug-likeness (QED) is 0.425. The fourth-order valence-corrected chi connectivity index (χ4v) is 4.80. The number of aromatic hydroxyl groups is 1. The number of aromatic amines is 1. The number of aliphatic hydroxyl groups excluding tert-OH is 1. The highest BCUT2D eigenvalue weighted by Gasteiger charge is 2.28. The molecule has 1 aromatic heterocycles. The van der Waals surface area contributed by atoms with Crippen molar-refractivity contribution in [1.82, 2.24) is 19.8 Å². The number of β-amino-alcohol motifs (C(OH)–C–C–N with tert-alkyl or cyclic N) is 1. The summed E-state index contributed by atoms with van der Waals surface area (Å²) in [6, 6.07) is 16.5. The van der Waals surface area contributed by atoms with Crippen LogP contribution in [0.2, 0.25) is 0 Å². The average Bonchev–Trinajstić information content (AvgIpc) is 2.90. The molecule has 2 aromatic carbocycles. The summed E-state index contributed by atoms with van der Waals surface area (Å²) in [6.45, 7) is 6.43. The molecule has 37 heavy (non-hydrogen) atoms.